The molecule has 7 heteroatoms. The molecule has 0 unspecified atom stereocenters. The SMILES string of the molecule is CC1(CN=C(N)Nc2ccc3c(c2)OCCCO3)CCOCC1.I. The van der Waals surface area contributed by atoms with E-state index in [0.29, 0.717) is 25.7 Å². The smallest absolute Gasteiger partial charge is 0.193 e. The highest BCUT2D eigenvalue weighted by atomic mass is 127. The molecule has 0 aromatic heterocycles. The van der Waals surface area contributed by atoms with Crippen LogP contribution >= 0.6 is 24.0 Å². The van der Waals surface area contributed by atoms with Crippen molar-refractivity contribution in [3.05, 3.63) is 18.2 Å². The van der Waals surface area contributed by atoms with Crippen LogP contribution in [0.3, 0.4) is 0 Å². The van der Waals surface area contributed by atoms with Gasteiger partial charge in [0.25, 0.3) is 0 Å². The van der Waals surface area contributed by atoms with Gasteiger partial charge in [0.1, 0.15) is 0 Å². The standard InChI is InChI=1S/C17H25N3O3.HI/c1-17(5-9-21-10-6-17)12-19-16(18)20-13-3-4-14-15(11-13)23-8-2-7-22-14;/h3-4,11H,2,5-10,12H2,1H3,(H3,18,19,20);1H. The van der Waals surface area contributed by atoms with Gasteiger partial charge in [0.2, 0.25) is 0 Å². The Morgan fingerprint density at radius 3 is 2.62 bits per heavy atom. The quantitative estimate of drug-likeness (QED) is 0.423. The molecule has 0 saturated carbocycles. The van der Waals surface area contributed by atoms with E-state index >= 15 is 0 Å². The Morgan fingerprint density at radius 2 is 1.88 bits per heavy atom. The normalized spacial score (nSPS) is 19.8. The zero-order valence-corrected chi connectivity index (χ0v) is 16.4. The predicted molar refractivity (Wildman–Crippen MR) is 106 cm³/mol. The fourth-order valence-electron chi connectivity index (χ4n) is 2.73. The lowest BCUT2D eigenvalue weighted by atomic mass is 9.83. The van der Waals surface area contributed by atoms with Crippen LogP contribution in [0.25, 0.3) is 0 Å². The Bertz CT molecular complexity index is 574. The molecule has 1 saturated heterocycles. The topological polar surface area (TPSA) is 78.1 Å². The minimum Gasteiger partial charge on any atom is -0.490 e. The summed E-state index contributed by atoms with van der Waals surface area (Å²) in [4.78, 5) is 4.50. The van der Waals surface area contributed by atoms with E-state index in [4.69, 9.17) is 19.9 Å². The number of benzene rings is 1. The van der Waals surface area contributed by atoms with Crippen LogP contribution in [0, 0.1) is 5.41 Å². The maximum Gasteiger partial charge on any atom is 0.193 e. The van der Waals surface area contributed by atoms with Crippen LogP contribution in [-0.4, -0.2) is 38.9 Å². The number of nitrogens with two attached hydrogens (primary N) is 1. The molecule has 6 nitrogen and oxygen atoms in total. The lowest BCUT2D eigenvalue weighted by Gasteiger charge is -2.31. The first-order valence-corrected chi connectivity index (χ1v) is 8.19. The Kier molecular flexibility index (Phi) is 6.97. The minimum absolute atomic E-state index is 0. The fraction of sp³-hybridized carbons (Fsp3) is 0.588. The van der Waals surface area contributed by atoms with Crippen LogP contribution in [-0.2, 0) is 4.74 Å². The molecule has 2 aliphatic heterocycles. The molecule has 0 amide bonds. The number of rotatable bonds is 3. The number of aliphatic imine (C=N–C) groups is 1. The number of nitrogens with one attached hydrogen (secondary N) is 1. The highest BCUT2D eigenvalue weighted by Gasteiger charge is 2.27. The second-order valence-corrected chi connectivity index (χ2v) is 6.46. The summed E-state index contributed by atoms with van der Waals surface area (Å²) in [5, 5.41) is 3.13. The van der Waals surface area contributed by atoms with Crippen molar-refractivity contribution in [2.24, 2.45) is 16.1 Å². The van der Waals surface area contributed by atoms with Gasteiger partial charge in [0, 0.05) is 37.9 Å². The molecule has 1 fully saturated rings. The summed E-state index contributed by atoms with van der Waals surface area (Å²) in [6.45, 7) is 5.91. The lowest BCUT2D eigenvalue weighted by molar-refractivity contribution is 0.0283. The van der Waals surface area contributed by atoms with Crippen molar-refractivity contribution in [1.82, 2.24) is 0 Å². The van der Waals surface area contributed by atoms with Gasteiger partial charge in [-0.1, -0.05) is 6.92 Å². The molecule has 0 radical (unpaired) electrons. The Balaban J connectivity index is 0.00000208. The van der Waals surface area contributed by atoms with Crippen molar-refractivity contribution in [3.8, 4) is 11.5 Å². The second kappa shape index (κ2) is 8.75. The summed E-state index contributed by atoms with van der Waals surface area (Å²) in [5.41, 5.74) is 7.05. The number of anilines is 1. The molecule has 0 atom stereocenters. The molecule has 0 bridgehead atoms. The first-order valence-electron chi connectivity index (χ1n) is 8.19. The van der Waals surface area contributed by atoms with Crippen LogP contribution < -0.4 is 20.5 Å². The Morgan fingerprint density at radius 1 is 1.17 bits per heavy atom. The first-order chi connectivity index (χ1) is 11.1. The molecule has 2 heterocycles. The Labute approximate surface area is 160 Å². The van der Waals surface area contributed by atoms with E-state index in [9.17, 15) is 0 Å². The third-order valence-corrected chi connectivity index (χ3v) is 4.35. The molecule has 2 aliphatic rings. The van der Waals surface area contributed by atoms with Crippen molar-refractivity contribution in [1.29, 1.82) is 0 Å². The summed E-state index contributed by atoms with van der Waals surface area (Å²) in [6, 6.07) is 5.72. The van der Waals surface area contributed by atoms with Gasteiger partial charge in [-0.15, -0.1) is 24.0 Å². The average Bonchev–Trinajstić information content (AvgIpc) is 2.79. The van der Waals surface area contributed by atoms with E-state index in [1.165, 1.54) is 0 Å². The fourth-order valence-corrected chi connectivity index (χ4v) is 2.73. The zero-order valence-electron chi connectivity index (χ0n) is 14.0. The average molecular weight is 447 g/mol. The van der Waals surface area contributed by atoms with Gasteiger partial charge >= 0.3 is 0 Å². The van der Waals surface area contributed by atoms with Gasteiger partial charge < -0.3 is 25.3 Å². The van der Waals surface area contributed by atoms with E-state index in [0.717, 1.165) is 49.7 Å². The summed E-state index contributed by atoms with van der Waals surface area (Å²) < 4.78 is 16.7. The van der Waals surface area contributed by atoms with Gasteiger partial charge in [-0.2, -0.15) is 0 Å². The number of hydrogen-bond acceptors (Lipinski definition) is 4. The van der Waals surface area contributed by atoms with E-state index in [-0.39, 0.29) is 29.4 Å². The summed E-state index contributed by atoms with van der Waals surface area (Å²) in [5.74, 6) is 1.95. The molecule has 0 aliphatic carbocycles. The van der Waals surface area contributed by atoms with Crippen molar-refractivity contribution in [3.63, 3.8) is 0 Å². The molecule has 1 aromatic rings. The number of ether oxygens (including phenoxy) is 3. The van der Waals surface area contributed by atoms with Crippen molar-refractivity contribution >= 4 is 35.6 Å². The monoisotopic (exact) mass is 447 g/mol. The van der Waals surface area contributed by atoms with Crippen LogP contribution in [0.2, 0.25) is 0 Å². The van der Waals surface area contributed by atoms with Crippen LogP contribution in [0.5, 0.6) is 11.5 Å². The van der Waals surface area contributed by atoms with Gasteiger partial charge in [0.05, 0.1) is 13.2 Å². The van der Waals surface area contributed by atoms with Gasteiger partial charge in [-0.05, 0) is 30.4 Å². The molecular formula is C17H26IN3O3. The molecule has 134 valence electrons. The minimum atomic E-state index is 0. The largest absolute Gasteiger partial charge is 0.490 e. The van der Waals surface area contributed by atoms with Crippen molar-refractivity contribution < 1.29 is 14.2 Å². The molecular weight excluding hydrogens is 421 g/mol. The van der Waals surface area contributed by atoms with E-state index in [1.54, 1.807) is 0 Å². The Hall–Kier alpha value is -1.22. The molecule has 3 N–H and O–H groups in total. The molecule has 0 spiro atoms. The number of hydrogen-bond donors (Lipinski definition) is 2. The van der Waals surface area contributed by atoms with E-state index in [2.05, 4.69) is 17.2 Å². The first kappa shape index (κ1) is 19.1. The summed E-state index contributed by atoms with van der Waals surface area (Å²) in [7, 11) is 0. The van der Waals surface area contributed by atoms with Crippen LogP contribution in [0.4, 0.5) is 5.69 Å². The number of fused-ring (bicyclic) bond motifs is 1. The second-order valence-electron chi connectivity index (χ2n) is 6.46. The number of nitrogens with zero attached hydrogens (tertiary/aromatic N) is 1. The number of guanidine groups is 1. The van der Waals surface area contributed by atoms with Crippen LogP contribution in [0.15, 0.2) is 23.2 Å². The maximum atomic E-state index is 6.02. The zero-order chi connectivity index (χ0) is 16.1. The lowest BCUT2D eigenvalue weighted by Crippen LogP contribution is -2.31. The highest BCUT2D eigenvalue weighted by Crippen LogP contribution is 2.32. The van der Waals surface area contributed by atoms with Crippen LogP contribution in [0.1, 0.15) is 26.2 Å². The molecule has 3 rings (SSSR count). The van der Waals surface area contributed by atoms with E-state index < -0.39 is 0 Å². The molecule has 1 aromatic carbocycles. The maximum absolute atomic E-state index is 6.02. The van der Waals surface area contributed by atoms with Crippen molar-refractivity contribution in [2.75, 3.05) is 38.3 Å². The van der Waals surface area contributed by atoms with Gasteiger partial charge in [-0.25, -0.2) is 0 Å². The van der Waals surface area contributed by atoms with Gasteiger partial charge in [0.15, 0.2) is 17.5 Å². The molecule has 24 heavy (non-hydrogen) atoms. The highest BCUT2D eigenvalue weighted by molar-refractivity contribution is 14.0. The number of halogens is 1. The summed E-state index contributed by atoms with van der Waals surface area (Å²) >= 11 is 0. The third kappa shape index (κ3) is 5.14. The van der Waals surface area contributed by atoms with Crippen molar-refractivity contribution in [2.45, 2.75) is 26.2 Å². The van der Waals surface area contributed by atoms with Gasteiger partial charge in [-0.3, -0.25) is 4.99 Å². The van der Waals surface area contributed by atoms with E-state index in [1.807, 2.05) is 18.2 Å². The summed E-state index contributed by atoms with van der Waals surface area (Å²) in [6.07, 6.45) is 2.94. The predicted octanol–water partition coefficient (Wildman–Crippen LogP) is 3.01. The third-order valence-electron chi connectivity index (χ3n) is 4.35.